The Labute approximate surface area is 122 Å². The Hall–Kier alpha value is -2.75. The van der Waals surface area contributed by atoms with Gasteiger partial charge in [-0.2, -0.15) is 0 Å². The van der Waals surface area contributed by atoms with Crippen LogP contribution in [0.15, 0.2) is 60.9 Å². The Bertz CT molecular complexity index is 751. The minimum absolute atomic E-state index is 0.162. The highest BCUT2D eigenvalue weighted by molar-refractivity contribution is 6.04. The second kappa shape index (κ2) is 6.13. The maximum Gasteiger partial charge on any atom is 0.270 e. The molecule has 0 saturated heterocycles. The van der Waals surface area contributed by atoms with Crippen LogP contribution in [0.1, 0.15) is 16.1 Å². The summed E-state index contributed by atoms with van der Waals surface area (Å²) in [6.07, 6.45) is 2.23. The highest BCUT2D eigenvalue weighted by atomic mass is 16.1. The van der Waals surface area contributed by atoms with Gasteiger partial charge in [-0.1, -0.05) is 48.5 Å². The van der Waals surface area contributed by atoms with Crippen LogP contribution in [-0.2, 0) is 6.42 Å². The number of rotatable bonds is 4. The van der Waals surface area contributed by atoms with Gasteiger partial charge in [-0.25, -0.2) is 9.97 Å². The molecular formula is C17H15N3O. The summed E-state index contributed by atoms with van der Waals surface area (Å²) < 4.78 is 0. The molecule has 1 heterocycles. The summed E-state index contributed by atoms with van der Waals surface area (Å²) in [5.41, 5.74) is 2.40. The van der Waals surface area contributed by atoms with Crippen LogP contribution in [0.5, 0.6) is 0 Å². The number of para-hydroxylation sites is 1. The summed E-state index contributed by atoms with van der Waals surface area (Å²) in [5.74, 6) is -0.162. The molecule has 21 heavy (non-hydrogen) atoms. The van der Waals surface area contributed by atoms with Gasteiger partial charge in [0, 0.05) is 11.9 Å². The zero-order valence-electron chi connectivity index (χ0n) is 11.5. The number of amides is 1. The van der Waals surface area contributed by atoms with Crippen molar-refractivity contribution in [3.05, 3.63) is 72.2 Å². The van der Waals surface area contributed by atoms with Gasteiger partial charge >= 0.3 is 0 Å². The Balaban J connectivity index is 1.70. The van der Waals surface area contributed by atoms with Crippen molar-refractivity contribution in [1.82, 2.24) is 15.3 Å². The number of nitrogens with zero attached hydrogens (tertiary/aromatic N) is 2. The second-order valence-corrected chi connectivity index (χ2v) is 4.73. The lowest BCUT2D eigenvalue weighted by molar-refractivity contribution is 0.0951. The maximum absolute atomic E-state index is 12.2. The molecule has 3 rings (SSSR count). The summed E-state index contributed by atoms with van der Waals surface area (Å²) in [7, 11) is 0. The standard InChI is InChI=1S/C17H15N3O/c21-17(18-11-10-13-6-2-1-3-7-13)16-14-8-4-5-9-15(14)19-12-20-16/h1-9,12H,10-11H2,(H,18,21). The summed E-state index contributed by atoms with van der Waals surface area (Å²) in [4.78, 5) is 20.5. The van der Waals surface area contributed by atoms with Crippen molar-refractivity contribution in [2.24, 2.45) is 0 Å². The molecule has 1 aromatic heterocycles. The van der Waals surface area contributed by atoms with E-state index in [9.17, 15) is 4.79 Å². The molecule has 0 aliphatic rings. The normalized spacial score (nSPS) is 10.5. The zero-order chi connectivity index (χ0) is 14.5. The predicted molar refractivity (Wildman–Crippen MR) is 82.0 cm³/mol. The average molecular weight is 277 g/mol. The molecule has 0 spiro atoms. The number of hydrogen-bond acceptors (Lipinski definition) is 3. The molecule has 2 aromatic carbocycles. The number of hydrogen-bond donors (Lipinski definition) is 1. The molecule has 0 atom stereocenters. The molecule has 104 valence electrons. The monoisotopic (exact) mass is 277 g/mol. The van der Waals surface area contributed by atoms with Crippen LogP contribution < -0.4 is 5.32 Å². The highest BCUT2D eigenvalue weighted by Crippen LogP contribution is 2.13. The predicted octanol–water partition coefficient (Wildman–Crippen LogP) is 2.60. The first-order valence-corrected chi connectivity index (χ1v) is 6.86. The third kappa shape index (κ3) is 3.05. The van der Waals surface area contributed by atoms with Gasteiger partial charge in [-0.3, -0.25) is 4.79 Å². The summed E-state index contributed by atoms with van der Waals surface area (Å²) in [6.45, 7) is 0.585. The number of fused-ring (bicyclic) bond motifs is 1. The van der Waals surface area contributed by atoms with Crippen LogP contribution in [0.3, 0.4) is 0 Å². The molecule has 0 saturated carbocycles. The van der Waals surface area contributed by atoms with Crippen molar-refractivity contribution in [2.45, 2.75) is 6.42 Å². The Morgan fingerprint density at radius 3 is 2.57 bits per heavy atom. The molecule has 1 amide bonds. The van der Waals surface area contributed by atoms with E-state index < -0.39 is 0 Å². The van der Waals surface area contributed by atoms with Crippen LogP contribution in [-0.4, -0.2) is 22.4 Å². The largest absolute Gasteiger partial charge is 0.350 e. The van der Waals surface area contributed by atoms with Crippen LogP contribution in [0.4, 0.5) is 0 Å². The first-order valence-electron chi connectivity index (χ1n) is 6.86. The smallest absolute Gasteiger partial charge is 0.270 e. The summed E-state index contributed by atoms with van der Waals surface area (Å²) >= 11 is 0. The van der Waals surface area contributed by atoms with Gasteiger partial charge < -0.3 is 5.32 Å². The fourth-order valence-electron chi connectivity index (χ4n) is 2.23. The van der Waals surface area contributed by atoms with Crippen molar-refractivity contribution in [1.29, 1.82) is 0 Å². The summed E-state index contributed by atoms with van der Waals surface area (Å²) in [5, 5.41) is 3.69. The molecule has 0 bridgehead atoms. The molecule has 0 unspecified atom stereocenters. The van der Waals surface area contributed by atoms with Crippen molar-refractivity contribution in [3.8, 4) is 0 Å². The summed E-state index contributed by atoms with van der Waals surface area (Å²) in [6, 6.07) is 17.6. The van der Waals surface area contributed by atoms with Crippen LogP contribution in [0.2, 0.25) is 0 Å². The molecule has 4 heteroatoms. The number of nitrogens with one attached hydrogen (secondary N) is 1. The minimum Gasteiger partial charge on any atom is -0.350 e. The fourth-order valence-corrected chi connectivity index (χ4v) is 2.23. The maximum atomic E-state index is 12.2. The Morgan fingerprint density at radius 1 is 0.952 bits per heavy atom. The van der Waals surface area contributed by atoms with E-state index in [1.165, 1.54) is 11.9 Å². The molecule has 0 aliphatic carbocycles. The Kier molecular flexibility index (Phi) is 3.87. The third-order valence-corrected chi connectivity index (χ3v) is 3.30. The lowest BCUT2D eigenvalue weighted by Crippen LogP contribution is -2.26. The first kappa shape index (κ1) is 13.2. The van der Waals surface area contributed by atoms with E-state index in [4.69, 9.17) is 0 Å². The SMILES string of the molecule is O=C(NCCc1ccccc1)c1ncnc2ccccc12. The second-order valence-electron chi connectivity index (χ2n) is 4.73. The quantitative estimate of drug-likeness (QED) is 0.797. The molecule has 3 aromatic rings. The van der Waals surface area contributed by atoms with Crippen molar-refractivity contribution in [3.63, 3.8) is 0 Å². The van der Waals surface area contributed by atoms with Crippen molar-refractivity contribution < 1.29 is 4.79 Å². The number of carbonyl (C=O) groups excluding carboxylic acids is 1. The zero-order valence-corrected chi connectivity index (χ0v) is 11.5. The molecule has 0 fully saturated rings. The first-order chi connectivity index (χ1) is 10.3. The minimum atomic E-state index is -0.162. The fraction of sp³-hybridized carbons (Fsp3) is 0.118. The van der Waals surface area contributed by atoms with E-state index in [-0.39, 0.29) is 5.91 Å². The molecular weight excluding hydrogens is 262 g/mol. The number of carbonyl (C=O) groups is 1. The van der Waals surface area contributed by atoms with Crippen molar-refractivity contribution in [2.75, 3.05) is 6.54 Å². The van der Waals surface area contributed by atoms with Gasteiger partial charge in [0.1, 0.15) is 12.0 Å². The highest BCUT2D eigenvalue weighted by Gasteiger charge is 2.11. The van der Waals surface area contributed by atoms with Gasteiger partial charge in [-0.05, 0) is 18.1 Å². The van der Waals surface area contributed by atoms with Gasteiger partial charge in [0.05, 0.1) is 5.52 Å². The van der Waals surface area contributed by atoms with Gasteiger partial charge in [0.2, 0.25) is 0 Å². The van der Waals surface area contributed by atoms with Crippen LogP contribution in [0.25, 0.3) is 10.9 Å². The van der Waals surface area contributed by atoms with E-state index in [2.05, 4.69) is 15.3 Å². The van der Waals surface area contributed by atoms with E-state index in [1.54, 1.807) is 0 Å². The molecule has 4 nitrogen and oxygen atoms in total. The van der Waals surface area contributed by atoms with E-state index in [0.717, 1.165) is 17.3 Å². The van der Waals surface area contributed by atoms with Crippen LogP contribution >= 0.6 is 0 Å². The van der Waals surface area contributed by atoms with Crippen molar-refractivity contribution >= 4 is 16.8 Å². The van der Waals surface area contributed by atoms with E-state index >= 15 is 0 Å². The van der Waals surface area contributed by atoms with E-state index in [1.807, 2.05) is 54.6 Å². The van der Waals surface area contributed by atoms with E-state index in [0.29, 0.717) is 12.2 Å². The number of benzene rings is 2. The molecule has 0 radical (unpaired) electrons. The molecule has 0 aliphatic heterocycles. The Morgan fingerprint density at radius 2 is 1.71 bits per heavy atom. The number of aromatic nitrogens is 2. The average Bonchev–Trinajstić information content (AvgIpc) is 2.55. The molecule has 1 N–H and O–H groups in total. The van der Waals surface area contributed by atoms with Crippen LogP contribution in [0, 0.1) is 0 Å². The topological polar surface area (TPSA) is 54.9 Å². The third-order valence-electron chi connectivity index (χ3n) is 3.30. The van der Waals surface area contributed by atoms with Gasteiger partial charge in [0.15, 0.2) is 0 Å². The van der Waals surface area contributed by atoms with Gasteiger partial charge in [-0.15, -0.1) is 0 Å². The lowest BCUT2D eigenvalue weighted by Gasteiger charge is -2.06. The lowest BCUT2D eigenvalue weighted by atomic mass is 10.1. The van der Waals surface area contributed by atoms with Gasteiger partial charge in [0.25, 0.3) is 5.91 Å².